The zero-order valence-corrected chi connectivity index (χ0v) is 21.4. The van der Waals surface area contributed by atoms with Crippen LogP contribution in [-0.2, 0) is 11.4 Å². The van der Waals surface area contributed by atoms with Gasteiger partial charge in [-0.3, -0.25) is 4.79 Å². The number of ether oxygens (including phenoxy) is 4. The Morgan fingerprint density at radius 3 is 2.41 bits per heavy atom. The highest BCUT2D eigenvalue weighted by molar-refractivity contribution is 9.10. The molecule has 3 aromatic rings. The molecule has 0 saturated heterocycles. The quantitative estimate of drug-likeness (QED) is 0.244. The Hall–Kier alpha value is -2.94. The summed E-state index contributed by atoms with van der Waals surface area (Å²) in [5.74, 6) is 1.83. The van der Waals surface area contributed by atoms with Gasteiger partial charge in [-0.25, -0.2) is 5.43 Å². The molecule has 0 atom stereocenters. The van der Waals surface area contributed by atoms with Gasteiger partial charge in [-0.2, -0.15) is 5.10 Å². The average molecular weight is 568 g/mol. The molecule has 3 aromatic carbocycles. The van der Waals surface area contributed by atoms with Gasteiger partial charge in [0.2, 0.25) is 0 Å². The van der Waals surface area contributed by atoms with Crippen LogP contribution < -0.4 is 24.4 Å². The second-order valence-corrected chi connectivity index (χ2v) is 8.51. The van der Waals surface area contributed by atoms with Gasteiger partial charge in [-0.15, -0.1) is 0 Å². The van der Waals surface area contributed by atoms with Crippen molar-refractivity contribution in [1.82, 2.24) is 5.43 Å². The highest BCUT2D eigenvalue weighted by Crippen LogP contribution is 2.37. The van der Waals surface area contributed by atoms with Gasteiger partial charge in [-0.1, -0.05) is 29.3 Å². The highest BCUT2D eigenvalue weighted by atomic mass is 79.9. The summed E-state index contributed by atoms with van der Waals surface area (Å²) in [5.41, 5.74) is 3.88. The molecule has 34 heavy (non-hydrogen) atoms. The fourth-order valence-electron chi connectivity index (χ4n) is 2.77. The van der Waals surface area contributed by atoms with Gasteiger partial charge in [0.15, 0.2) is 18.1 Å². The van der Waals surface area contributed by atoms with Crippen LogP contribution in [0.15, 0.2) is 64.2 Å². The van der Waals surface area contributed by atoms with Crippen molar-refractivity contribution in [3.8, 4) is 23.0 Å². The number of hydrogen-bond acceptors (Lipinski definition) is 6. The average Bonchev–Trinajstić information content (AvgIpc) is 2.83. The van der Waals surface area contributed by atoms with Gasteiger partial charge in [0.05, 0.1) is 24.9 Å². The summed E-state index contributed by atoms with van der Waals surface area (Å²) < 4.78 is 22.5. The standard InChI is InChI=1S/C24H21BrCl2N2O5/c1-31-18-5-7-19(8-6-18)33-14-23(30)29-28-12-15-9-20(25)24(22(10-15)32-2)34-13-16-3-4-17(26)11-21(16)27/h3-12H,13-14H2,1-2H3,(H,29,30)/b28-12-. The van der Waals surface area contributed by atoms with Gasteiger partial charge >= 0.3 is 0 Å². The molecule has 0 aliphatic heterocycles. The number of rotatable bonds is 10. The molecule has 10 heteroatoms. The van der Waals surface area contributed by atoms with Crippen molar-refractivity contribution >= 4 is 51.3 Å². The number of nitrogens with zero attached hydrogens (tertiary/aromatic N) is 1. The van der Waals surface area contributed by atoms with Gasteiger partial charge in [0.1, 0.15) is 18.1 Å². The smallest absolute Gasteiger partial charge is 0.277 e. The predicted octanol–water partition coefficient (Wildman–Crippen LogP) is 5.88. The minimum Gasteiger partial charge on any atom is -0.497 e. The molecule has 0 heterocycles. The fraction of sp³-hybridized carbons (Fsp3) is 0.167. The maximum Gasteiger partial charge on any atom is 0.277 e. The summed E-state index contributed by atoms with van der Waals surface area (Å²) in [5, 5.41) is 5.03. The summed E-state index contributed by atoms with van der Waals surface area (Å²) in [6, 6.07) is 15.6. The molecule has 0 spiro atoms. The first kappa shape index (κ1) is 25.7. The molecule has 3 rings (SSSR count). The van der Waals surface area contributed by atoms with Crippen LogP contribution in [-0.4, -0.2) is 32.9 Å². The third-order valence-electron chi connectivity index (χ3n) is 4.47. The van der Waals surface area contributed by atoms with Crippen molar-refractivity contribution in [2.75, 3.05) is 20.8 Å². The van der Waals surface area contributed by atoms with Gasteiger partial charge in [0, 0.05) is 15.6 Å². The lowest BCUT2D eigenvalue weighted by Gasteiger charge is -2.14. The topological polar surface area (TPSA) is 78.4 Å². The maximum absolute atomic E-state index is 12.0. The van der Waals surface area contributed by atoms with Crippen LogP contribution in [0.3, 0.4) is 0 Å². The molecule has 7 nitrogen and oxygen atoms in total. The lowest BCUT2D eigenvalue weighted by molar-refractivity contribution is -0.123. The maximum atomic E-state index is 12.0. The molecule has 0 aliphatic carbocycles. The lowest BCUT2D eigenvalue weighted by atomic mass is 10.2. The van der Waals surface area contributed by atoms with E-state index in [-0.39, 0.29) is 13.2 Å². The fourth-order valence-corrected chi connectivity index (χ4v) is 3.81. The van der Waals surface area contributed by atoms with Gasteiger partial charge in [0.25, 0.3) is 5.91 Å². The Kier molecular flexibility index (Phi) is 9.44. The van der Waals surface area contributed by atoms with Crippen LogP contribution >= 0.6 is 39.1 Å². The molecule has 1 amide bonds. The Morgan fingerprint density at radius 2 is 1.74 bits per heavy atom. The van der Waals surface area contributed by atoms with E-state index in [9.17, 15) is 4.79 Å². The van der Waals surface area contributed by atoms with Gasteiger partial charge < -0.3 is 18.9 Å². The van der Waals surface area contributed by atoms with Crippen molar-refractivity contribution in [3.63, 3.8) is 0 Å². The van der Waals surface area contributed by atoms with Crippen molar-refractivity contribution in [2.24, 2.45) is 5.10 Å². The van der Waals surface area contributed by atoms with Gasteiger partial charge in [-0.05, 0) is 70.0 Å². The monoisotopic (exact) mass is 566 g/mol. The van der Waals surface area contributed by atoms with E-state index in [0.29, 0.717) is 43.1 Å². The normalized spacial score (nSPS) is 10.7. The number of halogens is 3. The van der Waals surface area contributed by atoms with Crippen LogP contribution in [0, 0.1) is 0 Å². The molecule has 0 aromatic heterocycles. The van der Waals surface area contributed by atoms with Crippen molar-refractivity contribution < 1.29 is 23.7 Å². The van der Waals surface area contributed by atoms with Crippen LogP contribution in [0.5, 0.6) is 23.0 Å². The summed E-state index contributed by atoms with van der Waals surface area (Å²) in [6.07, 6.45) is 1.48. The first-order valence-corrected chi connectivity index (χ1v) is 11.5. The molecular weight excluding hydrogens is 547 g/mol. The second kappa shape index (κ2) is 12.5. The first-order valence-electron chi connectivity index (χ1n) is 9.92. The summed E-state index contributed by atoms with van der Waals surface area (Å²) in [6.45, 7) is 0.0410. The zero-order valence-electron chi connectivity index (χ0n) is 18.3. The first-order chi connectivity index (χ1) is 16.4. The van der Waals surface area contributed by atoms with E-state index in [2.05, 4.69) is 26.5 Å². The van der Waals surface area contributed by atoms with E-state index in [1.807, 2.05) is 0 Å². The minimum atomic E-state index is -0.405. The lowest BCUT2D eigenvalue weighted by Crippen LogP contribution is -2.24. The van der Waals surface area contributed by atoms with Crippen molar-refractivity contribution in [1.29, 1.82) is 0 Å². The van der Waals surface area contributed by atoms with Crippen LogP contribution in [0.2, 0.25) is 10.0 Å². The predicted molar refractivity (Wildman–Crippen MR) is 136 cm³/mol. The van der Waals surface area contributed by atoms with E-state index in [1.54, 1.807) is 61.7 Å². The van der Waals surface area contributed by atoms with E-state index < -0.39 is 5.91 Å². The molecular formula is C24H21BrCl2N2O5. The summed E-state index contributed by atoms with van der Waals surface area (Å²) >= 11 is 15.6. The van der Waals surface area contributed by atoms with Crippen molar-refractivity contribution in [3.05, 3.63) is 80.2 Å². The van der Waals surface area contributed by atoms with Crippen LogP contribution in [0.25, 0.3) is 0 Å². The Bertz CT molecular complexity index is 1170. The van der Waals surface area contributed by atoms with E-state index in [0.717, 1.165) is 5.56 Å². The third kappa shape index (κ3) is 7.28. The Balaban J connectivity index is 1.57. The molecule has 178 valence electrons. The van der Waals surface area contributed by atoms with Crippen LogP contribution in [0.1, 0.15) is 11.1 Å². The molecule has 0 radical (unpaired) electrons. The zero-order chi connectivity index (χ0) is 24.5. The summed E-state index contributed by atoms with van der Waals surface area (Å²) in [4.78, 5) is 12.0. The molecule has 0 unspecified atom stereocenters. The largest absolute Gasteiger partial charge is 0.497 e. The molecule has 0 saturated carbocycles. The number of benzene rings is 3. The van der Waals surface area contributed by atoms with Crippen molar-refractivity contribution in [2.45, 2.75) is 6.61 Å². The SMILES string of the molecule is COc1ccc(OCC(=O)N/N=C\c2cc(Br)c(OCc3ccc(Cl)cc3Cl)c(OC)c2)cc1. The van der Waals surface area contributed by atoms with E-state index >= 15 is 0 Å². The highest BCUT2D eigenvalue weighted by Gasteiger charge is 2.13. The molecule has 0 fully saturated rings. The Morgan fingerprint density at radius 1 is 1.00 bits per heavy atom. The molecule has 0 bridgehead atoms. The molecule has 0 aliphatic rings. The second-order valence-electron chi connectivity index (χ2n) is 6.82. The number of amides is 1. The number of carbonyl (C=O) groups excluding carboxylic acids is 1. The number of hydrogen-bond donors (Lipinski definition) is 1. The number of nitrogens with one attached hydrogen (secondary N) is 1. The number of hydrazone groups is 1. The minimum absolute atomic E-state index is 0.184. The summed E-state index contributed by atoms with van der Waals surface area (Å²) in [7, 11) is 3.11. The third-order valence-corrected chi connectivity index (χ3v) is 5.65. The number of carbonyl (C=O) groups is 1. The van der Waals surface area contributed by atoms with E-state index in [1.165, 1.54) is 13.3 Å². The Labute approximate surface area is 215 Å². The molecule has 1 N–H and O–H groups in total. The number of methoxy groups -OCH3 is 2. The van der Waals surface area contributed by atoms with E-state index in [4.69, 9.17) is 42.1 Å². The van der Waals surface area contributed by atoms with Crippen LogP contribution in [0.4, 0.5) is 0 Å².